The van der Waals surface area contributed by atoms with E-state index in [1.54, 1.807) is 12.1 Å². The highest BCUT2D eigenvalue weighted by Crippen LogP contribution is 2.34. The van der Waals surface area contributed by atoms with E-state index in [0.717, 1.165) is 18.9 Å². The zero-order valence-electron chi connectivity index (χ0n) is 17.2. The van der Waals surface area contributed by atoms with Crippen LogP contribution in [0.2, 0.25) is 0 Å². The Morgan fingerprint density at radius 1 is 1.10 bits per heavy atom. The molecular weight excluding hydrogens is 426 g/mol. The second-order valence-corrected chi connectivity index (χ2v) is 8.86. The summed E-state index contributed by atoms with van der Waals surface area (Å²) >= 11 is 0. The highest BCUT2D eigenvalue weighted by Gasteiger charge is 2.27. The number of nitrogens with zero attached hydrogens (tertiary/aromatic N) is 2. The molecule has 1 heterocycles. The molecule has 0 unspecified atom stereocenters. The van der Waals surface area contributed by atoms with E-state index in [4.69, 9.17) is 9.47 Å². The minimum absolute atomic E-state index is 0.0639. The minimum atomic E-state index is -3.51. The van der Waals surface area contributed by atoms with Gasteiger partial charge in [0.05, 0.1) is 30.1 Å². The zero-order chi connectivity index (χ0) is 22.6. The lowest BCUT2D eigenvalue weighted by molar-refractivity contribution is -0.385. The fourth-order valence-electron chi connectivity index (χ4n) is 3.34. The van der Waals surface area contributed by atoms with Gasteiger partial charge in [0.2, 0.25) is 10.0 Å². The zero-order valence-corrected chi connectivity index (χ0v) is 18.0. The van der Waals surface area contributed by atoms with Crippen molar-refractivity contribution in [3.05, 3.63) is 57.6 Å². The van der Waals surface area contributed by atoms with Crippen LogP contribution in [0.5, 0.6) is 11.5 Å². The third-order valence-corrected chi connectivity index (χ3v) is 6.94. The molecule has 1 aliphatic rings. The van der Waals surface area contributed by atoms with Crippen LogP contribution in [0.1, 0.15) is 28.8 Å². The molecule has 1 aliphatic heterocycles. The number of nitro benzene ring substituents is 1. The van der Waals surface area contributed by atoms with E-state index in [9.17, 15) is 23.3 Å². The summed E-state index contributed by atoms with van der Waals surface area (Å²) in [6, 6.07) is 8.57. The number of carbonyl (C=O) groups is 1. The normalized spacial score (nSPS) is 14.3. The molecule has 1 fully saturated rings. The molecule has 0 bridgehead atoms. The highest BCUT2D eigenvalue weighted by molar-refractivity contribution is 7.89. The van der Waals surface area contributed by atoms with Gasteiger partial charge in [0.1, 0.15) is 5.56 Å². The van der Waals surface area contributed by atoms with Crippen LogP contribution < -0.4 is 14.8 Å². The molecule has 1 N–H and O–H groups in total. The van der Waals surface area contributed by atoms with Gasteiger partial charge >= 0.3 is 0 Å². The van der Waals surface area contributed by atoms with E-state index in [0.29, 0.717) is 18.7 Å². The summed E-state index contributed by atoms with van der Waals surface area (Å²) in [7, 11) is -0.808. The van der Waals surface area contributed by atoms with Crippen molar-refractivity contribution in [2.75, 3.05) is 27.3 Å². The minimum Gasteiger partial charge on any atom is -0.493 e. The molecule has 0 aliphatic carbocycles. The number of nitro groups is 1. The van der Waals surface area contributed by atoms with Crippen molar-refractivity contribution < 1.29 is 27.6 Å². The van der Waals surface area contributed by atoms with E-state index in [2.05, 4.69) is 5.32 Å². The highest BCUT2D eigenvalue weighted by atomic mass is 32.2. The lowest BCUT2D eigenvalue weighted by Crippen LogP contribution is -2.28. The second-order valence-electron chi connectivity index (χ2n) is 6.92. The Morgan fingerprint density at radius 3 is 2.23 bits per heavy atom. The number of sulfonamides is 1. The molecule has 0 spiro atoms. The quantitative estimate of drug-likeness (QED) is 0.484. The molecular formula is C20H23N3O7S. The summed E-state index contributed by atoms with van der Waals surface area (Å²) < 4.78 is 36.8. The Morgan fingerprint density at radius 2 is 1.68 bits per heavy atom. The number of rotatable bonds is 8. The van der Waals surface area contributed by atoms with Gasteiger partial charge in [-0.05, 0) is 30.5 Å². The average molecular weight is 449 g/mol. The summed E-state index contributed by atoms with van der Waals surface area (Å²) in [5, 5.41) is 14.0. The summed E-state index contributed by atoms with van der Waals surface area (Å²) in [5.41, 5.74) is 0.0648. The standard InChI is InChI=1S/C20H23N3O7S/c1-29-18-11-16(17(23(25)26)12-19(18)30-2)20(24)21-13-14-5-7-15(8-6-14)31(27,28)22-9-3-4-10-22/h5-8,11-12H,3-4,9-10,13H2,1-2H3,(H,21,24). The predicted molar refractivity (Wildman–Crippen MR) is 112 cm³/mol. The molecule has 0 saturated carbocycles. The van der Waals surface area contributed by atoms with Crippen LogP contribution in [-0.2, 0) is 16.6 Å². The van der Waals surface area contributed by atoms with Gasteiger partial charge in [-0.25, -0.2) is 8.42 Å². The molecule has 1 amide bonds. The van der Waals surface area contributed by atoms with Crippen LogP contribution in [0, 0.1) is 10.1 Å². The summed E-state index contributed by atoms with van der Waals surface area (Å²) in [6.45, 7) is 1.10. The van der Waals surface area contributed by atoms with Gasteiger partial charge in [0.25, 0.3) is 11.6 Å². The van der Waals surface area contributed by atoms with Crippen molar-refractivity contribution in [2.24, 2.45) is 0 Å². The Kier molecular flexibility index (Phi) is 6.76. The maximum absolute atomic E-state index is 12.6. The second kappa shape index (κ2) is 9.31. The number of carbonyl (C=O) groups excluding carboxylic acids is 1. The fourth-order valence-corrected chi connectivity index (χ4v) is 4.85. The van der Waals surface area contributed by atoms with E-state index in [1.807, 2.05) is 0 Å². The van der Waals surface area contributed by atoms with Crippen LogP contribution in [0.3, 0.4) is 0 Å². The van der Waals surface area contributed by atoms with Crippen LogP contribution in [0.4, 0.5) is 5.69 Å². The van der Waals surface area contributed by atoms with Crippen LogP contribution in [0.25, 0.3) is 0 Å². The summed E-state index contributed by atoms with van der Waals surface area (Å²) in [4.78, 5) is 23.5. The lowest BCUT2D eigenvalue weighted by atomic mass is 10.1. The molecule has 1 saturated heterocycles. The van der Waals surface area contributed by atoms with Crippen molar-refractivity contribution in [1.82, 2.24) is 9.62 Å². The smallest absolute Gasteiger partial charge is 0.286 e. The molecule has 2 aromatic rings. The average Bonchev–Trinajstić information content (AvgIpc) is 3.32. The fraction of sp³-hybridized carbons (Fsp3) is 0.350. The lowest BCUT2D eigenvalue weighted by Gasteiger charge is -2.15. The maximum atomic E-state index is 12.6. The first kappa shape index (κ1) is 22.5. The van der Waals surface area contributed by atoms with Gasteiger partial charge in [0, 0.05) is 25.7 Å². The topological polar surface area (TPSA) is 128 Å². The molecule has 3 rings (SSSR count). The van der Waals surface area contributed by atoms with Gasteiger partial charge in [-0.15, -0.1) is 0 Å². The third-order valence-electron chi connectivity index (χ3n) is 5.02. The van der Waals surface area contributed by atoms with Gasteiger partial charge < -0.3 is 14.8 Å². The van der Waals surface area contributed by atoms with E-state index < -0.39 is 26.5 Å². The number of hydrogen-bond donors (Lipinski definition) is 1. The van der Waals surface area contributed by atoms with Crippen molar-refractivity contribution in [2.45, 2.75) is 24.3 Å². The van der Waals surface area contributed by atoms with Crippen molar-refractivity contribution in [3.63, 3.8) is 0 Å². The van der Waals surface area contributed by atoms with E-state index >= 15 is 0 Å². The molecule has 10 nitrogen and oxygen atoms in total. The van der Waals surface area contributed by atoms with Gasteiger partial charge in [-0.2, -0.15) is 4.31 Å². The van der Waals surface area contributed by atoms with E-state index in [-0.39, 0.29) is 28.5 Å². The van der Waals surface area contributed by atoms with Gasteiger partial charge in [-0.1, -0.05) is 12.1 Å². The molecule has 166 valence electrons. The van der Waals surface area contributed by atoms with E-state index in [1.165, 1.54) is 36.7 Å². The SMILES string of the molecule is COc1cc(C(=O)NCc2ccc(S(=O)(=O)N3CCCC3)cc2)c([N+](=O)[O-])cc1OC. The van der Waals surface area contributed by atoms with Gasteiger partial charge in [-0.3, -0.25) is 14.9 Å². The Hall–Kier alpha value is -3.18. The predicted octanol–water partition coefficient (Wildman–Crippen LogP) is 2.33. The Balaban J connectivity index is 1.74. The number of hydrogen-bond acceptors (Lipinski definition) is 7. The molecule has 31 heavy (non-hydrogen) atoms. The first-order chi connectivity index (χ1) is 14.8. The van der Waals surface area contributed by atoms with Gasteiger partial charge in [0.15, 0.2) is 11.5 Å². The van der Waals surface area contributed by atoms with Crippen LogP contribution in [-0.4, -0.2) is 50.9 Å². The summed E-state index contributed by atoms with van der Waals surface area (Å²) in [5.74, 6) is -0.336. The number of benzene rings is 2. The number of methoxy groups -OCH3 is 2. The Labute approximate surface area is 180 Å². The molecule has 0 atom stereocenters. The molecule has 0 aromatic heterocycles. The monoisotopic (exact) mass is 449 g/mol. The van der Waals surface area contributed by atoms with Crippen LogP contribution in [0.15, 0.2) is 41.3 Å². The first-order valence-electron chi connectivity index (χ1n) is 9.55. The summed E-state index contributed by atoms with van der Waals surface area (Å²) in [6.07, 6.45) is 1.71. The Bertz CT molecular complexity index is 1080. The third kappa shape index (κ3) is 4.78. The van der Waals surface area contributed by atoms with Crippen molar-refractivity contribution in [1.29, 1.82) is 0 Å². The first-order valence-corrected chi connectivity index (χ1v) is 11.0. The largest absolute Gasteiger partial charge is 0.493 e. The van der Waals surface area contributed by atoms with Crippen LogP contribution >= 0.6 is 0 Å². The molecule has 0 radical (unpaired) electrons. The molecule has 11 heteroatoms. The maximum Gasteiger partial charge on any atom is 0.286 e. The van der Waals surface area contributed by atoms with Crippen molar-refractivity contribution in [3.8, 4) is 11.5 Å². The molecule has 2 aromatic carbocycles. The van der Waals surface area contributed by atoms with Crippen molar-refractivity contribution >= 4 is 21.6 Å². The number of amides is 1. The number of nitrogens with one attached hydrogen (secondary N) is 1. The number of ether oxygens (including phenoxy) is 2.